The number of hydrogen-bond acceptors (Lipinski definition) is 2. The highest BCUT2D eigenvalue weighted by atomic mass is 16.5. The standard InChI is InChI=1S/C7H13N3O/c1-2-6-3-7(11-5-6)4-9-10-8/h6-7H,2-5H2,1H3/t6-,7+/m0/s1. The van der Waals surface area contributed by atoms with E-state index in [4.69, 9.17) is 10.3 Å². The van der Waals surface area contributed by atoms with E-state index >= 15 is 0 Å². The fourth-order valence-corrected chi connectivity index (χ4v) is 1.32. The van der Waals surface area contributed by atoms with Crippen LogP contribution in [0.3, 0.4) is 0 Å². The molecule has 11 heavy (non-hydrogen) atoms. The van der Waals surface area contributed by atoms with Crippen molar-refractivity contribution in [1.29, 1.82) is 0 Å². The lowest BCUT2D eigenvalue weighted by molar-refractivity contribution is 0.112. The molecule has 1 aliphatic heterocycles. The lowest BCUT2D eigenvalue weighted by atomic mass is 10.0. The maximum absolute atomic E-state index is 8.05. The Morgan fingerprint density at radius 1 is 1.73 bits per heavy atom. The molecular weight excluding hydrogens is 142 g/mol. The molecule has 1 saturated heterocycles. The molecule has 1 fully saturated rings. The molecule has 1 heterocycles. The third kappa shape index (κ3) is 2.41. The third-order valence-corrected chi connectivity index (χ3v) is 2.09. The van der Waals surface area contributed by atoms with Gasteiger partial charge in [-0.2, -0.15) is 0 Å². The molecular formula is C7H13N3O. The quantitative estimate of drug-likeness (QED) is 0.350. The smallest absolute Gasteiger partial charge is 0.0635 e. The van der Waals surface area contributed by atoms with Gasteiger partial charge in [0, 0.05) is 11.5 Å². The van der Waals surface area contributed by atoms with Gasteiger partial charge in [-0.1, -0.05) is 18.5 Å². The second-order valence-electron chi connectivity index (χ2n) is 2.88. The zero-order valence-corrected chi connectivity index (χ0v) is 6.73. The van der Waals surface area contributed by atoms with Crippen LogP contribution in [0, 0.1) is 5.92 Å². The van der Waals surface area contributed by atoms with Crippen LogP contribution in [0.2, 0.25) is 0 Å². The molecule has 1 aliphatic rings. The van der Waals surface area contributed by atoms with Gasteiger partial charge < -0.3 is 4.74 Å². The first-order valence-electron chi connectivity index (χ1n) is 3.99. The van der Waals surface area contributed by atoms with Crippen molar-refractivity contribution in [2.24, 2.45) is 11.0 Å². The predicted molar refractivity (Wildman–Crippen MR) is 42.2 cm³/mol. The van der Waals surface area contributed by atoms with Gasteiger partial charge >= 0.3 is 0 Å². The summed E-state index contributed by atoms with van der Waals surface area (Å²) in [5, 5.41) is 3.48. The van der Waals surface area contributed by atoms with Gasteiger partial charge in [0.05, 0.1) is 12.6 Å². The first kappa shape index (κ1) is 8.37. The lowest BCUT2D eigenvalue weighted by Gasteiger charge is -2.02. The van der Waals surface area contributed by atoms with Crippen molar-refractivity contribution in [2.45, 2.75) is 25.9 Å². The van der Waals surface area contributed by atoms with Gasteiger partial charge in [0.25, 0.3) is 0 Å². The Morgan fingerprint density at radius 3 is 3.09 bits per heavy atom. The summed E-state index contributed by atoms with van der Waals surface area (Å²) in [5.41, 5.74) is 8.05. The fourth-order valence-electron chi connectivity index (χ4n) is 1.32. The Balaban J connectivity index is 2.24. The summed E-state index contributed by atoms with van der Waals surface area (Å²) in [5.74, 6) is 0.675. The largest absolute Gasteiger partial charge is 0.378 e. The normalized spacial score (nSPS) is 29.9. The summed E-state index contributed by atoms with van der Waals surface area (Å²) < 4.78 is 5.39. The zero-order valence-electron chi connectivity index (χ0n) is 6.73. The Bertz CT molecular complexity index is 165. The van der Waals surface area contributed by atoms with Crippen molar-refractivity contribution in [1.82, 2.24) is 0 Å². The minimum absolute atomic E-state index is 0.177. The molecule has 0 aromatic carbocycles. The van der Waals surface area contributed by atoms with Crippen LogP contribution < -0.4 is 0 Å². The molecule has 0 bridgehead atoms. The number of ether oxygens (including phenoxy) is 1. The van der Waals surface area contributed by atoms with Crippen LogP contribution in [0.15, 0.2) is 5.11 Å². The molecule has 62 valence electrons. The fraction of sp³-hybridized carbons (Fsp3) is 1.00. The summed E-state index contributed by atoms with van der Waals surface area (Å²) in [4.78, 5) is 2.70. The van der Waals surface area contributed by atoms with Crippen molar-refractivity contribution >= 4 is 0 Å². The highest BCUT2D eigenvalue weighted by Crippen LogP contribution is 2.22. The molecule has 0 amide bonds. The average Bonchev–Trinajstić information content (AvgIpc) is 2.48. The Labute approximate surface area is 66.2 Å². The summed E-state index contributed by atoms with van der Waals surface area (Å²) in [6.07, 6.45) is 2.39. The maximum atomic E-state index is 8.05. The van der Waals surface area contributed by atoms with E-state index in [1.807, 2.05) is 0 Å². The molecule has 0 aliphatic carbocycles. The van der Waals surface area contributed by atoms with E-state index < -0.39 is 0 Å². The summed E-state index contributed by atoms with van der Waals surface area (Å²) in [6.45, 7) is 3.49. The predicted octanol–water partition coefficient (Wildman–Crippen LogP) is 2.11. The third-order valence-electron chi connectivity index (χ3n) is 2.09. The Kier molecular flexibility index (Phi) is 3.20. The monoisotopic (exact) mass is 155 g/mol. The van der Waals surface area contributed by atoms with E-state index in [1.165, 1.54) is 0 Å². The van der Waals surface area contributed by atoms with E-state index in [2.05, 4.69) is 16.9 Å². The van der Waals surface area contributed by atoms with E-state index in [9.17, 15) is 0 Å². The van der Waals surface area contributed by atoms with Gasteiger partial charge in [-0.05, 0) is 17.9 Å². The highest BCUT2D eigenvalue weighted by Gasteiger charge is 2.22. The average molecular weight is 155 g/mol. The van der Waals surface area contributed by atoms with Crippen molar-refractivity contribution in [3.63, 3.8) is 0 Å². The van der Waals surface area contributed by atoms with E-state index in [1.54, 1.807) is 0 Å². The molecule has 4 nitrogen and oxygen atoms in total. The van der Waals surface area contributed by atoms with Gasteiger partial charge in [0.15, 0.2) is 0 Å². The second kappa shape index (κ2) is 4.21. The molecule has 0 saturated carbocycles. The van der Waals surface area contributed by atoms with Gasteiger partial charge in [-0.25, -0.2) is 0 Å². The van der Waals surface area contributed by atoms with E-state index in [-0.39, 0.29) is 6.10 Å². The van der Waals surface area contributed by atoms with Crippen LogP contribution in [-0.4, -0.2) is 19.3 Å². The summed E-state index contributed by atoms with van der Waals surface area (Å²) in [7, 11) is 0. The van der Waals surface area contributed by atoms with Crippen molar-refractivity contribution < 1.29 is 4.74 Å². The molecule has 0 N–H and O–H groups in total. The maximum Gasteiger partial charge on any atom is 0.0635 e. The Morgan fingerprint density at radius 2 is 2.55 bits per heavy atom. The second-order valence-corrected chi connectivity index (χ2v) is 2.88. The van der Waals surface area contributed by atoms with Crippen LogP contribution in [0.25, 0.3) is 10.4 Å². The highest BCUT2D eigenvalue weighted by molar-refractivity contribution is 4.74. The summed E-state index contributed by atoms with van der Waals surface area (Å²) >= 11 is 0. The Hall–Kier alpha value is -0.730. The van der Waals surface area contributed by atoms with E-state index in [0.717, 1.165) is 19.4 Å². The minimum Gasteiger partial charge on any atom is -0.378 e. The summed E-state index contributed by atoms with van der Waals surface area (Å²) in [6, 6.07) is 0. The van der Waals surface area contributed by atoms with Crippen LogP contribution in [-0.2, 0) is 4.74 Å². The van der Waals surface area contributed by atoms with Crippen LogP contribution in [0.4, 0.5) is 0 Å². The number of nitrogens with zero attached hydrogens (tertiary/aromatic N) is 3. The minimum atomic E-state index is 0.177. The van der Waals surface area contributed by atoms with Gasteiger partial charge in [-0.3, -0.25) is 0 Å². The zero-order chi connectivity index (χ0) is 8.10. The topological polar surface area (TPSA) is 58.0 Å². The van der Waals surface area contributed by atoms with Gasteiger partial charge in [0.2, 0.25) is 0 Å². The van der Waals surface area contributed by atoms with Gasteiger partial charge in [-0.15, -0.1) is 0 Å². The van der Waals surface area contributed by atoms with Gasteiger partial charge in [0.1, 0.15) is 0 Å². The molecule has 0 spiro atoms. The van der Waals surface area contributed by atoms with E-state index in [0.29, 0.717) is 12.5 Å². The van der Waals surface area contributed by atoms with Crippen LogP contribution in [0.5, 0.6) is 0 Å². The van der Waals surface area contributed by atoms with Crippen molar-refractivity contribution in [2.75, 3.05) is 13.2 Å². The molecule has 0 aromatic rings. The first-order chi connectivity index (χ1) is 5.36. The molecule has 2 atom stereocenters. The van der Waals surface area contributed by atoms with Crippen LogP contribution >= 0.6 is 0 Å². The van der Waals surface area contributed by atoms with Crippen molar-refractivity contribution in [3.8, 4) is 0 Å². The molecule has 0 aromatic heterocycles. The molecule has 0 radical (unpaired) electrons. The van der Waals surface area contributed by atoms with Crippen LogP contribution in [0.1, 0.15) is 19.8 Å². The van der Waals surface area contributed by atoms with Crippen molar-refractivity contribution in [3.05, 3.63) is 10.4 Å². The molecule has 1 rings (SSSR count). The first-order valence-corrected chi connectivity index (χ1v) is 3.99. The lowest BCUT2D eigenvalue weighted by Crippen LogP contribution is -2.08. The molecule has 4 heteroatoms. The SMILES string of the molecule is CC[C@@H]1CO[C@@H](CN=[N+]=[N-])C1. The number of rotatable bonds is 3. The molecule has 0 unspecified atom stereocenters. The number of hydrogen-bond donors (Lipinski definition) is 0. The number of azide groups is 1.